The summed E-state index contributed by atoms with van der Waals surface area (Å²) in [6, 6.07) is 11.3. The third-order valence-electron chi connectivity index (χ3n) is 7.04. The molecule has 2 saturated heterocycles. The van der Waals surface area contributed by atoms with E-state index in [-0.39, 0.29) is 37.6 Å². The summed E-state index contributed by atoms with van der Waals surface area (Å²) in [7, 11) is -1.47. The molecular formula is C29H38N7O6P. The number of hydrogen-bond acceptors (Lipinski definition) is 11. The summed E-state index contributed by atoms with van der Waals surface area (Å²) in [4.78, 5) is 26.1. The number of hydrogen-bond donors (Lipinski definition) is 1. The van der Waals surface area contributed by atoms with E-state index in [0.29, 0.717) is 22.5 Å². The molecule has 5 atom stereocenters. The van der Waals surface area contributed by atoms with Crippen molar-refractivity contribution in [1.29, 1.82) is 5.26 Å². The minimum Gasteiger partial charge on any atom is -0.347 e. The number of aromatic nitrogens is 4. The van der Waals surface area contributed by atoms with Gasteiger partial charge in [0.05, 0.1) is 32.0 Å². The van der Waals surface area contributed by atoms with Crippen LogP contribution in [0.25, 0.3) is 11.2 Å². The number of nitrogens with one attached hydrogen (secondary N) is 1. The zero-order chi connectivity index (χ0) is 30.7. The number of benzene rings is 1. The van der Waals surface area contributed by atoms with Gasteiger partial charge >= 0.3 is 0 Å². The molecular weight excluding hydrogens is 573 g/mol. The molecule has 2 aromatic heterocycles. The molecule has 3 aromatic rings. The maximum atomic E-state index is 12.8. The molecule has 0 radical (unpaired) electrons. The summed E-state index contributed by atoms with van der Waals surface area (Å²) >= 11 is 0. The van der Waals surface area contributed by atoms with Crippen molar-refractivity contribution in [3.63, 3.8) is 0 Å². The number of nitrogens with zero attached hydrogens (tertiary/aromatic N) is 6. The number of imidazole rings is 1. The molecule has 13 nitrogen and oxygen atoms in total. The van der Waals surface area contributed by atoms with Crippen molar-refractivity contribution in [2.75, 3.05) is 18.5 Å². The predicted octanol–water partition coefficient (Wildman–Crippen LogP) is 4.79. The van der Waals surface area contributed by atoms with E-state index in [4.69, 9.17) is 28.5 Å². The third-order valence-corrected chi connectivity index (χ3v) is 9.11. The summed E-state index contributed by atoms with van der Waals surface area (Å²) < 4.78 is 35.5. The quantitative estimate of drug-likeness (QED) is 0.223. The van der Waals surface area contributed by atoms with Crippen LogP contribution >= 0.6 is 8.53 Å². The lowest BCUT2D eigenvalue weighted by Gasteiger charge is -2.36. The molecule has 14 heteroatoms. The Balaban J connectivity index is 1.38. The van der Waals surface area contributed by atoms with Crippen LogP contribution in [-0.4, -0.2) is 79.5 Å². The van der Waals surface area contributed by atoms with Crippen molar-refractivity contribution >= 4 is 31.4 Å². The van der Waals surface area contributed by atoms with E-state index in [2.05, 4.69) is 58.7 Å². The largest absolute Gasteiger partial charge is 0.347 e. The van der Waals surface area contributed by atoms with Crippen LogP contribution in [0.3, 0.4) is 0 Å². The second-order valence-corrected chi connectivity index (χ2v) is 12.8. The molecule has 1 N–H and O–H groups in total. The summed E-state index contributed by atoms with van der Waals surface area (Å²) in [5.41, 5.74) is 1.40. The van der Waals surface area contributed by atoms with E-state index in [1.165, 1.54) is 6.33 Å². The van der Waals surface area contributed by atoms with Gasteiger partial charge in [0.2, 0.25) is 0 Å². The fraction of sp³-hybridized carbons (Fsp3) is 0.552. The first kappa shape index (κ1) is 31.3. The zero-order valence-corrected chi connectivity index (χ0v) is 26.1. The average Bonchev–Trinajstić information content (AvgIpc) is 3.63. The van der Waals surface area contributed by atoms with Crippen molar-refractivity contribution in [2.24, 2.45) is 0 Å². The molecule has 2 aliphatic heterocycles. The summed E-state index contributed by atoms with van der Waals surface area (Å²) in [5.74, 6) is -0.853. The monoisotopic (exact) mass is 611 g/mol. The van der Waals surface area contributed by atoms with Crippen LogP contribution < -0.4 is 5.32 Å². The van der Waals surface area contributed by atoms with Crippen molar-refractivity contribution < 1.29 is 28.1 Å². The number of rotatable bonds is 12. The molecule has 1 amide bonds. The highest BCUT2D eigenvalue weighted by molar-refractivity contribution is 7.44. The van der Waals surface area contributed by atoms with Gasteiger partial charge in [-0.25, -0.2) is 19.6 Å². The number of carbonyl (C=O) groups excluding carboxylic acids is 1. The molecule has 0 bridgehead atoms. The molecule has 1 unspecified atom stereocenters. The van der Waals surface area contributed by atoms with E-state index < -0.39 is 38.9 Å². The lowest BCUT2D eigenvalue weighted by Crippen LogP contribution is -2.36. The maximum absolute atomic E-state index is 12.8. The molecule has 0 spiro atoms. The number of amides is 1. The van der Waals surface area contributed by atoms with Gasteiger partial charge in [-0.2, -0.15) is 5.26 Å². The molecule has 2 fully saturated rings. The topological polar surface area (TPSA) is 146 Å². The van der Waals surface area contributed by atoms with Gasteiger partial charge in [-0.3, -0.25) is 9.36 Å². The van der Waals surface area contributed by atoms with Crippen molar-refractivity contribution in [3.05, 3.63) is 48.5 Å². The van der Waals surface area contributed by atoms with E-state index in [1.54, 1.807) is 35.2 Å². The molecule has 1 aromatic carbocycles. The van der Waals surface area contributed by atoms with E-state index >= 15 is 0 Å². The van der Waals surface area contributed by atoms with Crippen LogP contribution in [0.4, 0.5) is 5.82 Å². The van der Waals surface area contributed by atoms with Gasteiger partial charge in [0, 0.05) is 17.6 Å². The lowest BCUT2D eigenvalue weighted by atomic mass is 10.1. The van der Waals surface area contributed by atoms with Gasteiger partial charge in [-0.15, -0.1) is 0 Å². The number of fused-ring (bicyclic) bond motifs is 2. The highest BCUT2D eigenvalue weighted by atomic mass is 31.2. The Morgan fingerprint density at radius 1 is 1.12 bits per heavy atom. The highest BCUT2D eigenvalue weighted by Gasteiger charge is 2.56. The number of ether oxygens (including phenoxy) is 3. The SMILES string of the molecule is CC(C)N(C(C)C)P(OCCC#N)OC[C@H]1O[C@@H](n2cnc3c(NC(=O)c4ccccc4)ncnc32)[C@@H]2OC(C)(C)O[C@@H]21. The molecule has 0 saturated carbocycles. The van der Waals surface area contributed by atoms with Gasteiger partial charge in [0.25, 0.3) is 14.4 Å². The first-order valence-electron chi connectivity index (χ1n) is 14.4. The highest BCUT2D eigenvalue weighted by Crippen LogP contribution is 2.49. The smallest absolute Gasteiger partial charge is 0.259 e. The van der Waals surface area contributed by atoms with Gasteiger partial charge in [-0.05, 0) is 53.7 Å². The standard InChI is InChI=1S/C29H38N7O6P/c1-18(2)36(19(3)4)43(38-14-10-13-30)39-15-21-23-24(42-29(5,6)41-23)28(40-21)35-17-33-22-25(31-16-32-26(22)35)34-27(37)20-11-8-7-9-12-20/h7-9,11-12,16-19,21,23-24,28H,10,14-15H2,1-6H3,(H,31,32,34,37)/t21-,23-,24-,28-,43?/m1/s1. The summed E-state index contributed by atoms with van der Waals surface area (Å²) in [6.07, 6.45) is 1.23. The van der Waals surface area contributed by atoms with Crippen molar-refractivity contribution in [2.45, 2.75) is 90.4 Å². The minimum atomic E-state index is -1.47. The second kappa shape index (κ2) is 13.3. The Hall–Kier alpha value is -3.08. The van der Waals surface area contributed by atoms with Crippen molar-refractivity contribution in [1.82, 2.24) is 24.2 Å². The van der Waals surface area contributed by atoms with Crippen LogP contribution in [-0.2, 0) is 23.3 Å². The van der Waals surface area contributed by atoms with Gasteiger partial charge in [0.15, 0.2) is 29.0 Å². The Morgan fingerprint density at radius 2 is 1.84 bits per heavy atom. The Bertz CT molecular complexity index is 1440. The molecule has 230 valence electrons. The Kier molecular flexibility index (Phi) is 9.68. The number of carbonyl (C=O) groups is 1. The second-order valence-electron chi connectivity index (χ2n) is 11.3. The number of nitriles is 1. The lowest BCUT2D eigenvalue weighted by molar-refractivity contribution is -0.199. The van der Waals surface area contributed by atoms with E-state index in [1.807, 2.05) is 19.9 Å². The Morgan fingerprint density at radius 3 is 2.53 bits per heavy atom. The number of anilines is 1. The van der Waals surface area contributed by atoms with E-state index in [9.17, 15) is 4.79 Å². The molecule has 2 aliphatic rings. The summed E-state index contributed by atoms with van der Waals surface area (Å²) in [5, 5.41) is 11.9. The first-order chi connectivity index (χ1) is 20.6. The van der Waals surface area contributed by atoms with Crippen molar-refractivity contribution in [3.8, 4) is 6.07 Å². The normalized spacial score (nSPS) is 23.6. The van der Waals surface area contributed by atoms with Gasteiger partial charge in [0.1, 0.15) is 24.6 Å². The minimum absolute atomic E-state index is 0.164. The predicted molar refractivity (Wildman–Crippen MR) is 159 cm³/mol. The Labute approximate surface area is 252 Å². The average molecular weight is 612 g/mol. The van der Waals surface area contributed by atoms with E-state index in [0.717, 1.165) is 0 Å². The van der Waals surface area contributed by atoms with Gasteiger partial charge in [-0.1, -0.05) is 18.2 Å². The molecule has 5 rings (SSSR count). The van der Waals surface area contributed by atoms with Crippen LogP contribution in [0.5, 0.6) is 0 Å². The molecule has 4 heterocycles. The fourth-order valence-electron chi connectivity index (χ4n) is 5.37. The van der Waals surface area contributed by atoms with Crippen LogP contribution in [0.1, 0.15) is 64.5 Å². The van der Waals surface area contributed by atoms with Gasteiger partial charge < -0.3 is 28.6 Å². The maximum Gasteiger partial charge on any atom is 0.259 e. The summed E-state index contributed by atoms with van der Waals surface area (Å²) in [6.45, 7) is 12.5. The molecule has 43 heavy (non-hydrogen) atoms. The van der Waals surface area contributed by atoms with Crippen LogP contribution in [0.2, 0.25) is 0 Å². The third kappa shape index (κ3) is 6.86. The first-order valence-corrected chi connectivity index (χ1v) is 15.5. The molecule has 0 aliphatic carbocycles. The van der Waals surface area contributed by atoms with Crippen LogP contribution in [0.15, 0.2) is 43.0 Å². The van der Waals surface area contributed by atoms with Crippen LogP contribution in [0, 0.1) is 11.3 Å². The zero-order valence-electron chi connectivity index (χ0n) is 25.2. The fourth-order valence-corrected chi connectivity index (χ4v) is 6.98.